The second-order valence-corrected chi connectivity index (χ2v) is 8.74. The van der Waals surface area contributed by atoms with E-state index in [4.69, 9.17) is 9.47 Å². The molecule has 0 aliphatic carbocycles. The van der Waals surface area contributed by atoms with Crippen LogP contribution in [0.3, 0.4) is 0 Å². The van der Waals surface area contributed by atoms with Crippen LogP contribution >= 0.6 is 0 Å². The number of benzene rings is 2. The van der Waals surface area contributed by atoms with Crippen LogP contribution in [0, 0.1) is 0 Å². The van der Waals surface area contributed by atoms with Gasteiger partial charge in [-0.3, -0.25) is 9.69 Å². The number of nitrogens with zero attached hydrogens (tertiary/aromatic N) is 1. The lowest BCUT2D eigenvalue weighted by molar-refractivity contribution is -0.160. The Morgan fingerprint density at radius 2 is 1.72 bits per heavy atom. The Kier molecular flexibility index (Phi) is 7.32. The molecule has 0 spiro atoms. The van der Waals surface area contributed by atoms with E-state index in [-0.39, 0.29) is 12.0 Å². The van der Waals surface area contributed by atoms with Gasteiger partial charge < -0.3 is 9.47 Å². The van der Waals surface area contributed by atoms with Crippen molar-refractivity contribution >= 4 is 5.97 Å². The average molecular weight is 396 g/mol. The summed E-state index contributed by atoms with van der Waals surface area (Å²) >= 11 is 0. The van der Waals surface area contributed by atoms with Gasteiger partial charge in [-0.15, -0.1) is 0 Å². The molecule has 4 heteroatoms. The van der Waals surface area contributed by atoms with Crippen LogP contribution in [0.2, 0.25) is 0 Å². The molecule has 4 nitrogen and oxygen atoms in total. The summed E-state index contributed by atoms with van der Waals surface area (Å²) in [6.45, 7) is 8.22. The molecule has 156 valence electrons. The lowest BCUT2D eigenvalue weighted by atomic mass is 10.1. The normalized spacial score (nSPS) is 17.3. The van der Waals surface area contributed by atoms with E-state index in [1.165, 1.54) is 11.1 Å². The number of carbonyl (C=O) groups is 1. The van der Waals surface area contributed by atoms with Gasteiger partial charge in [0, 0.05) is 6.54 Å². The Morgan fingerprint density at radius 3 is 2.41 bits per heavy atom. The fourth-order valence-electron chi connectivity index (χ4n) is 3.72. The summed E-state index contributed by atoms with van der Waals surface area (Å²) in [7, 11) is 0. The Hall–Kier alpha value is -2.33. The fourth-order valence-corrected chi connectivity index (χ4v) is 3.72. The quantitative estimate of drug-likeness (QED) is 0.473. The predicted molar refractivity (Wildman–Crippen MR) is 116 cm³/mol. The number of hydrogen-bond acceptors (Lipinski definition) is 4. The van der Waals surface area contributed by atoms with Crippen molar-refractivity contribution in [2.45, 2.75) is 58.1 Å². The second kappa shape index (κ2) is 9.93. The topological polar surface area (TPSA) is 38.8 Å². The van der Waals surface area contributed by atoms with Gasteiger partial charge in [0.1, 0.15) is 17.4 Å². The summed E-state index contributed by atoms with van der Waals surface area (Å²) in [4.78, 5) is 14.6. The number of hydrogen-bond donors (Lipinski definition) is 0. The highest BCUT2D eigenvalue weighted by Gasteiger charge is 2.33. The van der Waals surface area contributed by atoms with Crippen molar-refractivity contribution in [1.82, 2.24) is 4.90 Å². The lowest BCUT2D eigenvalue weighted by Gasteiger charge is -2.27. The molecule has 2 aromatic rings. The van der Waals surface area contributed by atoms with Crippen molar-refractivity contribution in [3.8, 4) is 5.75 Å². The predicted octanol–water partition coefficient (Wildman–Crippen LogP) is 4.85. The highest BCUT2D eigenvalue weighted by molar-refractivity contribution is 5.76. The van der Waals surface area contributed by atoms with Crippen molar-refractivity contribution in [3.05, 3.63) is 65.7 Å². The lowest BCUT2D eigenvalue weighted by Crippen LogP contribution is -2.41. The minimum Gasteiger partial charge on any atom is -0.494 e. The van der Waals surface area contributed by atoms with E-state index in [0.717, 1.165) is 44.5 Å². The number of rotatable bonds is 8. The summed E-state index contributed by atoms with van der Waals surface area (Å²) in [5.74, 6) is 0.803. The maximum absolute atomic E-state index is 12.4. The van der Waals surface area contributed by atoms with Crippen LogP contribution in [0.25, 0.3) is 0 Å². The van der Waals surface area contributed by atoms with Crippen LogP contribution < -0.4 is 4.74 Å². The molecule has 1 heterocycles. The molecule has 0 aromatic heterocycles. The van der Waals surface area contributed by atoms with Crippen LogP contribution in [-0.4, -0.2) is 42.2 Å². The minimum absolute atomic E-state index is 0.0927. The molecule has 3 rings (SSSR count). The highest BCUT2D eigenvalue weighted by atomic mass is 16.6. The number of carbonyl (C=O) groups excluding carboxylic acids is 1. The first-order chi connectivity index (χ1) is 13.9. The molecule has 1 atom stereocenters. The largest absolute Gasteiger partial charge is 0.494 e. The van der Waals surface area contributed by atoms with Crippen LogP contribution in [0.15, 0.2) is 54.6 Å². The third kappa shape index (κ3) is 6.90. The first-order valence-electron chi connectivity index (χ1n) is 10.6. The number of esters is 1. The van der Waals surface area contributed by atoms with Gasteiger partial charge in [-0.1, -0.05) is 42.5 Å². The minimum atomic E-state index is -0.429. The zero-order valence-electron chi connectivity index (χ0n) is 17.9. The SMILES string of the molecule is CC(C)(C)OC(=O)[C@@H]1CCCN1CCCOc1ccc(Cc2ccccc2)cc1. The van der Waals surface area contributed by atoms with E-state index in [9.17, 15) is 4.79 Å². The van der Waals surface area contributed by atoms with Crippen molar-refractivity contribution < 1.29 is 14.3 Å². The first kappa shape index (κ1) is 21.4. The molecule has 2 aromatic carbocycles. The van der Waals surface area contributed by atoms with Gasteiger partial charge in [0.25, 0.3) is 0 Å². The zero-order chi connectivity index (χ0) is 20.7. The Bertz CT molecular complexity index is 765. The van der Waals surface area contributed by atoms with Gasteiger partial charge in [-0.05, 0) is 76.3 Å². The molecule has 1 fully saturated rings. The van der Waals surface area contributed by atoms with E-state index in [1.54, 1.807) is 0 Å². The Labute approximate surface area is 174 Å². The Balaban J connectivity index is 1.40. The van der Waals surface area contributed by atoms with Crippen LogP contribution in [0.1, 0.15) is 51.2 Å². The molecular formula is C25H33NO3. The molecule has 0 N–H and O–H groups in total. The maximum Gasteiger partial charge on any atom is 0.323 e. The van der Waals surface area contributed by atoms with Crippen LogP contribution in [0.5, 0.6) is 5.75 Å². The molecule has 0 unspecified atom stereocenters. The molecule has 0 amide bonds. The van der Waals surface area contributed by atoms with Gasteiger partial charge >= 0.3 is 5.97 Å². The summed E-state index contributed by atoms with van der Waals surface area (Å²) in [5.41, 5.74) is 2.16. The van der Waals surface area contributed by atoms with E-state index in [1.807, 2.05) is 39.0 Å². The molecule has 29 heavy (non-hydrogen) atoms. The van der Waals surface area contributed by atoms with E-state index < -0.39 is 5.60 Å². The van der Waals surface area contributed by atoms with Crippen molar-refractivity contribution in [2.24, 2.45) is 0 Å². The molecule has 0 bridgehead atoms. The molecule has 0 radical (unpaired) electrons. The summed E-state index contributed by atoms with van der Waals surface area (Å²) in [6, 6.07) is 18.7. The molecule has 1 aliphatic heterocycles. The van der Waals surface area contributed by atoms with Gasteiger partial charge in [0.05, 0.1) is 6.61 Å². The first-order valence-corrected chi connectivity index (χ1v) is 10.6. The molecular weight excluding hydrogens is 362 g/mol. The summed E-state index contributed by atoms with van der Waals surface area (Å²) in [5, 5.41) is 0. The van der Waals surface area contributed by atoms with Gasteiger partial charge in [0.15, 0.2) is 0 Å². The number of ether oxygens (including phenoxy) is 2. The summed E-state index contributed by atoms with van der Waals surface area (Å²) < 4.78 is 11.5. The smallest absolute Gasteiger partial charge is 0.323 e. The number of likely N-dealkylation sites (tertiary alicyclic amines) is 1. The third-order valence-corrected chi connectivity index (χ3v) is 5.08. The monoisotopic (exact) mass is 395 g/mol. The van der Waals surface area contributed by atoms with E-state index in [0.29, 0.717) is 6.61 Å². The maximum atomic E-state index is 12.4. The van der Waals surface area contributed by atoms with E-state index >= 15 is 0 Å². The average Bonchev–Trinajstić information content (AvgIpc) is 3.15. The van der Waals surface area contributed by atoms with Crippen LogP contribution in [0.4, 0.5) is 0 Å². The molecule has 1 aliphatic rings. The standard InChI is InChI=1S/C25H33NO3/c1-25(2,3)29-24(27)23-11-7-16-26(23)17-8-18-28-22-14-12-21(13-15-22)19-20-9-5-4-6-10-20/h4-6,9-10,12-15,23H,7-8,11,16-19H2,1-3H3/t23-/m0/s1. The summed E-state index contributed by atoms with van der Waals surface area (Å²) in [6.07, 6.45) is 3.76. The fraction of sp³-hybridized carbons (Fsp3) is 0.480. The van der Waals surface area contributed by atoms with Crippen molar-refractivity contribution in [1.29, 1.82) is 0 Å². The Morgan fingerprint density at radius 1 is 1.03 bits per heavy atom. The van der Waals surface area contributed by atoms with Crippen LogP contribution in [-0.2, 0) is 16.0 Å². The van der Waals surface area contributed by atoms with Gasteiger partial charge in [0.2, 0.25) is 0 Å². The highest BCUT2D eigenvalue weighted by Crippen LogP contribution is 2.21. The van der Waals surface area contributed by atoms with Crippen molar-refractivity contribution in [3.63, 3.8) is 0 Å². The molecule has 1 saturated heterocycles. The van der Waals surface area contributed by atoms with Gasteiger partial charge in [-0.2, -0.15) is 0 Å². The third-order valence-electron chi connectivity index (χ3n) is 5.08. The van der Waals surface area contributed by atoms with Crippen molar-refractivity contribution in [2.75, 3.05) is 19.7 Å². The molecule has 0 saturated carbocycles. The zero-order valence-corrected chi connectivity index (χ0v) is 17.9. The second-order valence-electron chi connectivity index (χ2n) is 8.74. The van der Waals surface area contributed by atoms with E-state index in [2.05, 4.69) is 41.3 Å². The van der Waals surface area contributed by atoms with Gasteiger partial charge in [-0.25, -0.2) is 0 Å².